The topological polar surface area (TPSA) is 42.0 Å². The largest absolute Gasteiger partial charge is 0.433 e. The molecule has 106 valence electrons. The molecule has 1 atom stereocenters. The van der Waals surface area contributed by atoms with Gasteiger partial charge in [0.15, 0.2) is 0 Å². The number of hydrogen-bond donors (Lipinski definition) is 1. The van der Waals surface area contributed by atoms with Crippen LogP contribution in [0.3, 0.4) is 0 Å². The highest BCUT2D eigenvalue weighted by molar-refractivity contribution is 5.81. The van der Waals surface area contributed by atoms with Crippen LogP contribution in [0, 0.1) is 5.41 Å². The van der Waals surface area contributed by atoms with Crippen LogP contribution in [0.5, 0.6) is 0 Å². The number of carbonyl (C=O) groups excluding carboxylic acids is 1. The van der Waals surface area contributed by atoms with E-state index in [9.17, 15) is 18.0 Å². The molecule has 0 spiro atoms. The van der Waals surface area contributed by atoms with E-state index < -0.39 is 23.3 Å². The molecule has 1 heterocycles. The first kappa shape index (κ1) is 15.5. The third kappa shape index (κ3) is 4.22. The van der Waals surface area contributed by atoms with Gasteiger partial charge in [-0.05, 0) is 24.6 Å². The van der Waals surface area contributed by atoms with Crippen LogP contribution in [0.1, 0.15) is 45.0 Å². The van der Waals surface area contributed by atoms with Crippen LogP contribution >= 0.6 is 0 Å². The predicted octanol–water partition coefficient (Wildman–Crippen LogP) is 3.32. The van der Waals surface area contributed by atoms with Crippen molar-refractivity contribution in [3.05, 3.63) is 29.6 Å². The predicted molar refractivity (Wildman–Crippen MR) is 65.3 cm³/mol. The van der Waals surface area contributed by atoms with E-state index in [0.717, 1.165) is 12.3 Å². The maximum absolute atomic E-state index is 12.5. The maximum Gasteiger partial charge on any atom is 0.433 e. The van der Waals surface area contributed by atoms with Crippen molar-refractivity contribution in [1.29, 1.82) is 0 Å². The Morgan fingerprint density at radius 3 is 2.37 bits per heavy atom. The monoisotopic (exact) mass is 274 g/mol. The Hall–Kier alpha value is -1.59. The Morgan fingerprint density at radius 1 is 1.32 bits per heavy atom. The average Bonchev–Trinajstić information content (AvgIpc) is 2.26. The van der Waals surface area contributed by atoms with Crippen molar-refractivity contribution in [2.75, 3.05) is 0 Å². The molecule has 0 aliphatic heterocycles. The molecule has 1 N–H and O–H groups in total. The summed E-state index contributed by atoms with van der Waals surface area (Å²) in [4.78, 5) is 15.1. The second-order valence-corrected chi connectivity index (χ2v) is 5.42. The zero-order valence-electron chi connectivity index (χ0n) is 11.3. The highest BCUT2D eigenvalue weighted by atomic mass is 19.4. The van der Waals surface area contributed by atoms with E-state index in [1.54, 1.807) is 27.7 Å². The molecule has 0 aliphatic carbocycles. The molecule has 0 saturated carbocycles. The first-order valence-electron chi connectivity index (χ1n) is 5.86. The minimum absolute atomic E-state index is 0.217. The van der Waals surface area contributed by atoms with Gasteiger partial charge in [0.05, 0.1) is 6.04 Å². The van der Waals surface area contributed by atoms with Crippen molar-refractivity contribution in [1.82, 2.24) is 10.3 Å². The van der Waals surface area contributed by atoms with E-state index in [4.69, 9.17) is 0 Å². The molecule has 0 fully saturated rings. The van der Waals surface area contributed by atoms with Crippen LogP contribution in [0.15, 0.2) is 18.3 Å². The molecule has 0 radical (unpaired) electrons. The molecular formula is C13H17F3N2O. The van der Waals surface area contributed by atoms with Crippen LogP contribution in [-0.4, -0.2) is 10.9 Å². The van der Waals surface area contributed by atoms with Gasteiger partial charge in [-0.15, -0.1) is 0 Å². The lowest BCUT2D eigenvalue weighted by Crippen LogP contribution is -2.36. The minimum Gasteiger partial charge on any atom is -0.349 e. The van der Waals surface area contributed by atoms with Gasteiger partial charge in [-0.3, -0.25) is 9.78 Å². The summed E-state index contributed by atoms with van der Waals surface area (Å²) in [7, 11) is 0. The molecular weight excluding hydrogens is 257 g/mol. The second-order valence-electron chi connectivity index (χ2n) is 5.42. The fraction of sp³-hybridized carbons (Fsp3) is 0.538. The van der Waals surface area contributed by atoms with E-state index in [1.165, 1.54) is 6.07 Å². The van der Waals surface area contributed by atoms with E-state index in [-0.39, 0.29) is 5.91 Å². The molecule has 0 unspecified atom stereocenters. The van der Waals surface area contributed by atoms with Crippen LogP contribution in [0.25, 0.3) is 0 Å². The van der Waals surface area contributed by atoms with Crippen molar-refractivity contribution in [2.45, 2.75) is 39.9 Å². The van der Waals surface area contributed by atoms with Gasteiger partial charge in [-0.25, -0.2) is 0 Å². The van der Waals surface area contributed by atoms with Crippen molar-refractivity contribution in [2.24, 2.45) is 5.41 Å². The number of amides is 1. The second kappa shape index (κ2) is 5.19. The Bertz CT molecular complexity index is 464. The molecule has 3 nitrogen and oxygen atoms in total. The van der Waals surface area contributed by atoms with Gasteiger partial charge >= 0.3 is 6.18 Å². The lowest BCUT2D eigenvalue weighted by atomic mass is 9.95. The molecule has 1 aromatic rings. The molecule has 0 saturated heterocycles. The van der Waals surface area contributed by atoms with Gasteiger partial charge in [-0.2, -0.15) is 13.2 Å². The molecule has 0 aliphatic rings. The zero-order valence-corrected chi connectivity index (χ0v) is 11.3. The van der Waals surface area contributed by atoms with E-state index >= 15 is 0 Å². The number of rotatable bonds is 2. The summed E-state index contributed by atoms with van der Waals surface area (Å²) < 4.78 is 37.6. The number of hydrogen-bond acceptors (Lipinski definition) is 2. The normalized spacial score (nSPS) is 14.1. The molecule has 0 aromatic carbocycles. The Balaban J connectivity index is 2.89. The lowest BCUT2D eigenvalue weighted by Gasteiger charge is -2.22. The quantitative estimate of drug-likeness (QED) is 0.898. The van der Waals surface area contributed by atoms with Crippen LogP contribution in [0.4, 0.5) is 13.2 Å². The van der Waals surface area contributed by atoms with Crippen LogP contribution in [0.2, 0.25) is 0 Å². The Kier molecular flexibility index (Phi) is 4.22. The fourth-order valence-corrected chi connectivity index (χ4v) is 1.37. The minimum atomic E-state index is -4.48. The van der Waals surface area contributed by atoms with E-state index in [1.807, 2.05) is 0 Å². The molecule has 0 bridgehead atoms. The number of nitrogens with zero attached hydrogens (tertiary/aromatic N) is 1. The fourth-order valence-electron chi connectivity index (χ4n) is 1.37. The number of halogens is 3. The van der Waals surface area contributed by atoms with Crippen molar-refractivity contribution >= 4 is 5.91 Å². The SMILES string of the molecule is C[C@H](NC(=O)C(C)(C)C)c1ccnc(C(F)(F)F)c1. The van der Waals surface area contributed by atoms with Gasteiger partial charge in [0.2, 0.25) is 5.91 Å². The Labute approximate surface area is 110 Å². The number of pyridine rings is 1. The summed E-state index contributed by atoms with van der Waals surface area (Å²) in [5.41, 5.74) is -1.17. The number of carbonyl (C=O) groups is 1. The first-order chi connectivity index (χ1) is 8.51. The van der Waals surface area contributed by atoms with Gasteiger partial charge in [0.1, 0.15) is 5.69 Å². The summed E-state index contributed by atoms with van der Waals surface area (Å²) in [6.07, 6.45) is -3.39. The third-order valence-corrected chi connectivity index (χ3v) is 2.60. The molecule has 1 amide bonds. The van der Waals surface area contributed by atoms with E-state index in [2.05, 4.69) is 10.3 Å². The third-order valence-electron chi connectivity index (χ3n) is 2.60. The highest BCUT2D eigenvalue weighted by Crippen LogP contribution is 2.29. The average molecular weight is 274 g/mol. The zero-order chi connectivity index (χ0) is 14.8. The van der Waals surface area contributed by atoms with Gasteiger partial charge in [0, 0.05) is 11.6 Å². The van der Waals surface area contributed by atoms with E-state index in [0.29, 0.717) is 5.56 Å². The summed E-state index contributed by atoms with van der Waals surface area (Å²) in [6, 6.07) is 1.91. The summed E-state index contributed by atoms with van der Waals surface area (Å²) >= 11 is 0. The molecule has 1 aromatic heterocycles. The Morgan fingerprint density at radius 2 is 1.89 bits per heavy atom. The van der Waals surface area contributed by atoms with Crippen molar-refractivity contribution in [3.63, 3.8) is 0 Å². The smallest absolute Gasteiger partial charge is 0.349 e. The van der Waals surface area contributed by atoms with Crippen molar-refractivity contribution in [3.8, 4) is 0 Å². The number of alkyl halides is 3. The first-order valence-corrected chi connectivity index (χ1v) is 5.86. The highest BCUT2D eigenvalue weighted by Gasteiger charge is 2.33. The number of nitrogens with one attached hydrogen (secondary N) is 1. The standard InChI is InChI=1S/C13H17F3N2O/c1-8(18-11(19)12(2,3)4)9-5-6-17-10(7-9)13(14,15)16/h5-8H,1-4H3,(H,18,19)/t8-/m0/s1. The lowest BCUT2D eigenvalue weighted by molar-refractivity contribution is -0.141. The molecule has 19 heavy (non-hydrogen) atoms. The summed E-state index contributed by atoms with van der Waals surface area (Å²) in [5.74, 6) is -0.217. The van der Waals surface area contributed by atoms with Crippen LogP contribution < -0.4 is 5.32 Å². The van der Waals surface area contributed by atoms with Crippen LogP contribution in [-0.2, 0) is 11.0 Å². The van der Waals surface area contributed by atoms with Crippen molar-refractivity contribution < 1.29 is 18.0 Å². The maximum atomic E-state index is 12.5. The van der Waals surface area contributed by atoms with Gasteiger partial charge < -0.3 is 5.32 Å². The molecule has 1 rings (SSSR count). The summed E-state index contributed by atoms with van der Waals surface area (Å²) in [6.45, 7) is 6.85. The van der Waals surface area contributed by atoms with Gasteiger partial charge in [-0.1, -0.05) is 20.8 Å². The molecule has 6 heteroatoms. The number of aromatic nitrogens is 1. The summed E-state index contributed by atoms with van der Waals surface area (Å²) in [5, 5.41) is 2.68. The van der Waals surface area contributed by atoms with Gasteiger partial charge in [0.25, 0.3) is 0 Å².